The van der Waals surface area contributed by atoms with E-state index in [1.807, 2.05) is 24.3 Å². The van der Waals surface area contributed by atoms with Crippen molar-refractivity contribution in [1.29, 1.82) is 0 Å². The number of para-hydroxylation sites is 2. The summed E-state index contributed by atoms with van der Waals surface area (Å²) in [5.74, 6) is -3.57. The molecular formula is C28H31N5O7. The molecule has 12 nitrogen and oxygen atoms in total. The van der Waals surface area contributed by atoms with Gasteiger partial charge in [0.15, 0.2) is 6.04 Å². The van der Waals surface area contributed by atoms with E-state index in [2.05, 4.69) is 20.6 Å². The SMILES string of the molecule is CC(C)C(NC(=O)C(Cc1c[nH]c2ccccc12)n1c(=O)[nH]c2ccccc2c1=O)C(=O)NC(C(=O)O)C(C)O. The second kappa shape index (κ2) is 11.6. The van der Waals surface area contributed by atoms with Crippen LogP contribution in [-0.4, -0.2) is 60.7 Å². The Hall–Kier alpha value is -4.71. The molecule has 40 heavy (non-hydrogen) atoms. The summed E-state index contributed by atoms with van der Waals surface area (Å²) in [6.45, 7) is 4.51. The van der Waals surface area contributed by atoms with Crippen LogP contribution in [0.3, 0.4) is 0 Å². The normalized spacial score (nSPS) is 14.5. The van der Waals surface area contributed by atoms with Crippen LogP contribution < -0.4 is 21.9 Å². The molecule has 2 aromatic heterocycles. The maximum atomic E-state index is 13.8. The number of carboxylic acid groups (broad SMARTS) is 1. The third-order valence-corrected chi connectivity index (χ3v) is 6.83. The Bertz CT molecular complexity index is 1680. The fourth-order valence-electron chi connectivity index (χ4n) is 4.69. The number of nitrogens with zero attached hydrogens (tertiary/aromatic N) is 1. The van der Waals surface area contributed by atoms with Crippen LogP contribution in [0.1, 0.15) is 32.4 Å². The third kappa shape index (κ3) is 5.66. The molecule has 0 spiro atoms. The number of H-pyrrole nitrogens is 2. The Kier molecular flexibility index (Phi) is 8.19. The lowest BCUT2D eigenvalue weighted by Crippen LogP contribution is -2.57. The molecule has 4 aromatic rings. The number of carboxylic acids is 1. The summed E-state index contributed by atoms with van der Waals surface area (Å²) in [6, 6.07) is 9.60. The predicted molar refractivity (Wildman–Crippen MR) is 148 cm³/mol. The number of fused-ring (bicyclic) bond motifs is 2. The van der Waals surface area contributed by atoms with Crippen molar-refractivity contribution in [1.82, 2.24) is 25.2 Å². The van der Waals surface area contributed by atoms with E-state index in [-0.39, 0.29) is 11.8 Å². The molecule has 210 valence electrons. The maximum Gasteiger partial charge on any atom is 0.329 e. The van der Waals surface area contributed by atoms with Gasteiger partial charge >= 0.3 is 11.7 Å². The first-order valence-electron chi connectivity index (χ1n) is 12.8. The van der Waals surface area contributed by atoms with E-state index in [1.54, 1.807) is 38.2 Å². The predicted octanol–water partition coefficient (Wildman–Crippen LogP) is 1.05. The number of aromatic amines is 2. The minimum Gasteiger partial charge on any atom is -0.480 e. The van der Waals surface area contributed by atoms with Crippen LogP contribution in [0.2, 0.25) is 0 Å². The number of amides is 2. The Morgan fingerprint density at radius 1 is 0.875 bits per heavy atom. The molecule has 4 unspecified atom stereocenters. The number of hydrogen-bond acceptors (Lipinski definition) is 6. The highest BCUT2D eigenvalue weighted by Crippen LogP contribution is 2.23. The molecule has 0 saturated carbocycles. The van der Waals surface area contributed by atoms with Crippen molar-refractivity contribution >= 4 is 39.6 Å². The quantitative estimate of drug-likeness (QED) is 0.171. The highest BCUT2D eigenvalue weighted by molar-refractivity contribution is 5.92. The number of rotatable bonds is 10. The van der Waals surface area contributed by atoms with Crippen LogP contribution in [0.4, 0.5) is 0 Å². The number of nitrogens with one attached hydrogen (secondary N) is 4. The van der Waals surface area contributed by atoms with Gasteiger partial charge in [-0.3, -0.25) is 14.4 Å². The van der Waals surface area contributed by atoms with Crippen LogP contribution in [0.5, 0.6) is 0 Å². The van der Waals surface area contributed by atoms with Crippen molar-refractivity contribution in [2.75, 3.05) is 0 Å². The number of benzene rings is 2. The third-order valence-electron chi connectivity index (χ3n) is 6.83. The van der Waals surface area contributed by atoms with E-state index in [4.69, 9.17) is 0 Å². The molecule has 0 fully saturated rings. The molecule has 0 aliphatic heterocycles. The van der Waals surface area contributed by atoms with Crippen LogP contribution in [0.15, 0.2) is 64.3 Å². The molecule has 2 heterocycles. The number of hydrogen-bond donors (Lipinski definition) is 6. The lowest BCUT2D eigenvalue weighted by molar-refractivity contribution is -0.145. The first-order valence-corrected chi connectivity index (χ1v) is 12.8. The van der Waals surface area contributed by atoms with Crippen molar-refractivity contribution in [3.63, 3.8) is 0 Å². The Morgan fingerprint density at radius 2 is 1.48 bits per heavy atom. The average Bonchev–Trinajstić information content (AvgIpc) is 3.31. The van der Waals surface area contributed by atoms with Gasteiger partial charge in [0.25, 0.3) is 5.56 Å². The van der Waals surface area contributed by atoms with E-state index >= 15 is 0 Å². The molecule has 0 aliphatic rings. The fourth-order valence-corrected chi connectivity index (χ4v) is 4.69. The van der Waals surface area contributed by atoms with E-state index in [0.29, 0.717) is 11.1 Å². The van der Waals surface area contributed by atoms with Gasteiger partial charge in [0.1, 0.15) is 12.1 Å². The molecular weight excluding hydrogens is 518 g/mol. The smallest absolute Gasteiger partial charge is 0.329 e. The summed E-state index contributed by atoms with van der Waals surface area (Å²) in [5, 5.41) is 25.0. The lowest BCUT2D eigenvalue weighted by Gasteiger charge is -2.27. The number of carbonyl (C=O) groups is 3. The van der Waals surface area contributed by atoms with Crippen molar-refractivity contribution < 1.29 is 24.6 Å². The summed E-state index contributed by atoms with van der Waals surface area (Å²) >= 11 is 0. The van der Waals surface area contributed by atoms with Crippen molar-refractivity contribution in [2.45, 2.75) is 51.4 Å². The summed E-state index contributed by atoms with van der Waals surface area (Å²) in [6.07, 6.45) is 0.238. The van der Waals surface area contributed by atoms with Crippen molar-refractivity contribution in [3.8, 4) is 0 Å². The largest absolute Gasteiger partial charge is 0.480 e. The number of aliphatic carboxylic acids is 1. The highest BCUT2D eigenvalue weighted by atomic mass is 16.4. The van der Waals surface area contributed by atoms with Gasteiger partial charge in [-0.25, -0.2) is 14.2 Å². The van der Waals surface area contributed by atoms with Gasteiger partial charge < -0.3 is 30.8 Å². The number of aromatic nitrogens is 3. The van der Waals surface area contributed by atoms with Crippen LogP contribution in [0, 0.1) is 5.92 Å². The minimum atomic E-state index is -1.60. The van der Waals surface area contributed by atoms with Gasteiger partial charge in [-0.05, 0) is 36.6 Å². The second-order valence-electron chi connectivity index (χ2n) is 10.0. The molecule has 0 saturated heterocycles. The monoisotopic (exact) mass is 549 g/mol. The number of aliphatic hydroxyl groups excluding tert-OH is 1. The van der Waals surface area contributed by atoms with E-state index < -0.39 is 59.2 Å². The zero-order valence-electron chi connectivity index (χ0n) is 22.2. The molecule has 0 aliphatic carbocycles. The Labute approximate surface area is 228 Å². The Morgan fingerprint density at radius 3 is 2.10 bits per heavy atom. The molecule has 0 bridgehead atoms. The summed E-state index contributed by atoms with van der Waals surface area (Å²) in [4.78, 5) is 70.9. The maximum absolute atomic E-state index is 13.8. The van der Waals surface area contributed by atoms with E-state index in [0.717, 1.165) is 15.5 Å². The standard InChI is InChI=1S/C28H31N5O7/c1-14(2)22(25(36)32-23(15(3)34)27(38)39)31-24(35)21(12-16-13-29-19-10-6-4-8-17(16)19)33-26(37)18-9-5-7-11-20(18)30-28(33)40/h4-11,13-15,21-23,29,34H,12H2,1-3H3,(H,30,40)(H,31,35)(H,32,36)(H,38,39). The van der Waals surface area contributed by atoms with E-state index in [1.165, 1.54) is 13.0 Å². The van der Waals surface area contributed by atoms with Gasteiger partial charge in [0, 0.05) is 23.5 Å². The molecule has 4 atom stereocenters. The summed E-state index contributed by atoms with van der Waals surface area (Å²) < 4.78 is 0.838. The van der Waals surface area contributed by atoms with Gasteiger partial charge in [-0.1, -0.05) is 44.2 Å². The molecule has 6 N–H and O–H groups in total. The summed E-state index contributed by atoms with van der Waals surface area (Å²) in [7, 11) is 0. The fraction of sp³-hybridized carbons (Fsp3) is 0.321. The minimum absolute atomic E-state index is 0.0605. The molecule has 2 amide bonds. The average molecular weight is 550 g/mol. The van der Waals surface area contributed by atoms with Gasteiger partial charge in [0.2, 0.25) is 11.8 Å². The van der Waals surface area contributed by atoms with Crippen LogP contribution >= 0.6 is 0 Å². The first-order chi connectivity index (χ1) is 19.0. The van der Waals surface area contributed by atoms with Crippen LogP contribution in [0.25, 0.3) is 21.8 Å². The zero-order chi connectivity index (χ0) is 29.1. The zero-order valence-corrected chi connectivity index (χ0v) is 22.2. The molecule has 4 rings (SSSR count). The van der Waals surface area contributed by atoms with Gasteiger partial charge in [-0.15, -0.1) is 0 Å². The molecule has 0 radical (unpaired) electrons. The highest BCUT2D eigenvalue weighted by Gasteiger charge is 2.34. The van der Waals surface area contributed by atoms with E-state index in [9.17, 15) is 34.2 Å². The van der Waals surface area contributed by atoms with Gasteiger partial charge in [-0.2, -0.15) is 0 Å². The number of carbonyl (C=O) groups excluding carboxylic acids is 2. The first kappa shape index (κ1) is 28.3. The van der Waals surface area contributed by atoms with Gasteiger partial charge in [0.05, 0.1) is 17.0 Å². The molecule has 2 aromatic carbocycles. The lowest BCUT2D eigenvalue weighted by atomic mass is 10.00. The molecule has 12 heteroatoms. The number of aliphatic hydroxyl groups is 1. The van der Waals surface area contributed by atoms with Crippen LogP contribution in [-0.2, 0) is 20.8 Å². The topological polar surface area (TPSA) is 186 Å². The van der Waals surface area contributed by atoms with Crippen molar-refractivity contribution in [2.24, 2.45) is 5.92 Å². The second-order valence-corrected chi connectivity index (χ2v) is 10.0. The van der Waals surface area contributed by atoms with Crippen molar-refractivity contribution in [3.05, 3.63) is 81.1 Å². The Balaban J connectivity index is 1.76. The summed E-state index contributed by atoms with van der Waals surface area (Å²) in [5.41, 5.74) is 0.311.